The Hall–Kier alpha value is -1.54. The molecule has 0 spiro atoms. The molecular formula is C13H13F3N2O2S. The lowest BCUT2D eigenvalue weighted by atomic mass is 10.2. The van der Waals surface area contributed by atoms with Gasteiger partial charge < -0.3 is 9.63 Å². The summed E-state index contributed by atoms with van der Waals surface area (Å²) in [7, 11) is 0. The van der Waals surface area contributed by atoms with Crippen LogP contribution in [0.5, 0.6) is 0 Å². The fourth-order valence-electron chi connectivity index (χ4n) is 1.57. The Labute approximate surface area is 123 Å². The zero-order valence-electron chi connectivity index (χ0n) is 11.1. The van der Waals surface area contributed by atoms with Crippen LogP contribution in [0.15, 0.2) is 33.7 Å². The van der Waals surface area contributed by atoms with Crippen molar-refractivity contribution in [2.24, 2.45) is 0 Å². The van der Waals surface area contributed by atoms with Crippen molar-refractivity contribution in [1.29, 1.82) is 0 Å². The lowest BCUT2D eigenvalue weighted by Gasteiger charge is -2.11. The van der Waals surface area contributed by atoms with Crippen LogP contribution in [-0.2, 0) is 12.2 Å². The Morgan fingerprint density at radius 3 is 2.81 bits per heavy atom. The molecule has 0 bridgehead atoms. The number of hydrogen-bond donors (Lipinski definition) is 1. The van der Waals surface area contributed by atoms with E-state index >= 15 is 0 Å². The Morgan fingerprint density at radius 2 is 2.14 bits per heavy atom. The third kappa shape index (κ3) is 4.75. The lowest BCUT2D eigenvalue weighted by Crippen LogP contribution is -2.30. The van der Waals surface area contributed by atoms with Crippen molar-refractivity contribution in [2.45, 2.75) is 36.3 Å². The monoisotopic (exact) mass is 318 g/mol. The molecule has 0 amide bonds. The summed E-state index contributed by atoms with van der Waals surface area (Å²) >= 11 is 1.46. The molecular weight excluding hydrogens is 305 g/mol. The largest absolute Gasteiger partial charge is 0.414 e. The van der Waals surface area contributed by atoms with Gasteiger partial charge in [-0.25, -0.2) is 0 Å². The number of hydrogen-bond acceptors (Lipinski definition) is 5. The van der Waals surface area contributed by atoms with Crippen molar-refractivity contribution in [3.8, 4) is 0 Å². The molecule has 114 valence electrons. The zero-order valence-corrected chi connectivity index (χ0v) is 11.9. The van der Waals surface area contributed by atoms with Gasteiger partial charge in [0.2, 0.25) is 5.89 Å². The van der Waals surface area contributed by atoms with Gasteiger partial charge in [-0.05, 0) is 19.1 Å². The fourth-order valence-corrected chi connectivity index (χ4v) is 2.42. The van der Waals surface area contributed by atoms with E-state index in [4.69, 9.17) is 9.63 Å². The Balaban J connectivity index is 1.91. The molecule has 0 saturated carbocycles. The van der Waals surface area contributed by atoms with Gasteiger partial charge in [-0.3, -0.25) is 0 Å². The number of alkyl halides is 3. The Morgan fingerprint density at radius 1 is 1.38 bits per heavy atom. The third-order valence-corrected chi connectivity index (χ3v) is 3.60. The van der Waals surface area contributed by atoms with Crippen molar-refractivity contribution in [1.82, 2.24) is 10.1 Å². The maximum absolute atomic E-state index is 12.2. The van der Waals surface area contributed by atoms with Crippen LogP contribution >= 0.6 is 11.8 Å². The molecule has 0 aliphatic heterocycles. The topological polar surface area (TPSA) is 59.2 Å². The van der Waals surface area contributed by atoms with Gasteiger partial charge in [0.1, 0.15) is 0 Å². The second kappa shape index (κ2) is 6.48. The number of benzene rings is 1. The fraction of sp³-hybridized carbons (Fsp3) is 0.385. The van der Waals surface area contributed by atoms with E-state index in [1.807, 2.05) is 31.2 Å². The van der Waals surface area contributed by atoms with Gasteiger partial charge in [0.15, 0.2) is 11.9 Å². The summed E-state index contributed by atoms with van der Waals surface area (Å²) < 4.78 is 41.3. The minimum absolute atomic E-state index is 0.223. The molecule has 2 rings (SSSR count). The van der Waals surface area contributed by atoms with Crippen molar-refractivity contribution in [2.75, 3.05) is 0 Å². The summed E-state index contributed by atoms with van der Waals surface area (Å²) in [4.78, 5) is 4.85. The van der Waals surface area contributed by atoms with E-state index < -0.39 is 18.7 Å². The van der Waals surface area contributed by atoms with Gasteiger partial charge in [-0.1, -0.05) is 22.9 Å². The summed E-state index contributed by atoms with van der Waals surface area (Å²) in [6, 6.07) is 7.79. The summed E-state index contributed by atoms with van der Waals surface area (Å²) in [6.45, 7) is 1.97. The minimum Gasteiger partial charge on any atom is -0.383 e. The molecule has 1 unspecified atom stereocenters. The van der Waals surface area contributed by atoms with E-state index in [-0.39, 0.29) is 5.89 Å². The quantitative estimate of drug-likeness (QED) is 0.858. The van der Waals surface area contributed by atoms with Gasteiger partial charge in [-0.2, -0.15) is 18.2 Å². The molecule has 1 aromatic carbocycles. The first kappa shape index (κ1) is 15.8. The first-order chi connectivity index (χ1) is 9.84. The highest BCUT2D eigenvalue weighted by Crippen LogP contribution is 2.24. The first-order valence-electron chi connectivity index (χ1n) is 6.10. The molecule has 0 fully saturated rings. The normalized spacial score (nSPS) is 13.4. The number of rotatable bonds is 5. The average Bonchev–Trinajstić information content (AvgIpc) is 2.83. The number of aliphatic hydroxyl groups excluding tert-OH is 1. The number of aryl methyl sites for hydroxylation is 1. The smallest absolute Gasteiger partial charge is 0.383 e. The van der Waals surface area contributed by atoms with E-state index in [0.29, 0.717) is 11.6 Å². The van der Waals surface area contributed by atoms with Crippen LogP contribution in [0, 0.1) is 6.92 Å². The molecule has 2 aromatic rings. The molecule has 8 heteroatoms. The summed E-state index contributed by atoms with van der Waals surface area (Å²) in [5.74, 6) is 0.459. The highest BCUT2D eigenvalue weighted by atomic mass is 32.2. The first-order valence-corrected chi connectivity index (χ1v) is 7.09. The maximum atomic E-state index is 12.2. The van der Waals surface area contributed by atoms with Gasteiger partial charge >= 0.3 is 6.18 Å². The molecule has 1 aromatic heterocycles. The van der Waals surface area contributed by atoms with E-state index in [9.17, 15) is 13.2 Å². The van der Waals surface area contributed by atoms with Crippen molar-refractivity contribution in [3.05, 3.63) is 41.5 Å². The predicted molar refractivity (Wildman–Crippen MR) is 70.8 cm³/mol. The summed E-state index contributed by atoms with van der Waals surface area (Å²) in [6.07, 6.45) is -7.91. The van der Waals surface area contributed by atoms with E-state index in [0.717, 1.165) is 10.5 Å². The van der Waals surface area contributed by atoms with Crippen LogP contribution < -0.4 is 0 Å². The van der Waals surface area contributed by atoms with Crippen molar-refractivity contribution in [3.63, 3.8) is 0 Å². The van der Waals surface area contributed by atoms with E-state index in [1.54, 1.807) is 0 Å². The zero-order chi connectivity index (χ0) is 15.5. The molecule has 4 nitrogen and oxygen atoms in total. The van der Waals surface area contributed by atoms with Gasteiger partial charge in [0.05, 0.1) is 12.2 Å². The number of thioether (sulfide) groups is 1. The standard InChI is InChI=1S/C13H13F3N2O2S/c1-8-3-2-4-9(5-8)21-7-11-17-12(20-18-11)6-10(19)13(14,15)16/h2-5,10,19H,6-7H2,1H3. The molecule has 1 atom stereocenters. The highest BCUT2D eigenvalue weighted by molar-refractivity contribution is 7.98. The summed E-state index contributed by atoms with van der Waals surface area (Å²) in [5, 5.41) is 12.5. The Bertz CT molecular complexity index is 601. The van der Waals surface area contributed by atoms with Crippen LogP contribution in [-0.4, -0.2) is 27.5 Å². The second-order valence-corrected chi connectivity index (χ2v) is 5.52. The third-order valence-electron chi connectivity index (χ3n) is 2.61. The number of nitrogens with zero attached hydrogens (tertiary/aromatic N) is 2. The predicted octanol–water partition coefficient (Wildman–Crippen LogP) is 3.14. The van der Waals surface area contributed by atoms with Crippen LogP contribution in [0.25, 0.3) is 0 Å². The van der Waals surface area contributed by atoms with Crippen LogP contribution in [0.1, 0.15) is 17.3 Å². The molecule has 0 aliphatic carbocycles. The van der Waals surface area contributed by atoms with Crippen molar-refractivity contribution < 1.29 is 22.8 Å². The van der Waals surface area contributed by atoms with Crippen molar-refractivity contribution >= 4 is 11.8 Å². The van der Waals surface area contributed by atoms with Gasteiger partial charge in [-0.15, -0.1) is 11.8 Å². The highest BCUT2D eigenvalue weighted by Gasteiger charge is 2.39. The van der Waals surface area contributed by atoms with Gasteiger partial charge in [0, 0.05) is 4.90 Å². The second-order valence-electron chi connectivity index (χ2n) is 4.47. The molecule has 0 aliphatic rings. The van der Waals surface area contributed by atoms with E-state index in [2.05, 4.69) is 10.1 Å². The van der Waals surface area contributed by atoms with Gasteiger partial charge in [0.25, 0.3) is 0 Å². The van der Waals surface area contributed by atoms with Crippen LogP contribution in [0.3, 0.4) is 0 Å². The molecule has 1 N–H and O–H groups in total. The number of aromatic nitrogens is 2. The van der Waals surface area contributed by atoms with E-state index in [1.165, 1.54) is 11.8 Å². The molecule has 21 heavy (non-hydrogen) atoms. The minimum atomic E-state index is -4.69. The summed E-state index contributed by atoms with van der Waals surface area (Å²) in [5.41, 5.74) is 1.11. The molecule has 0 radical (unpaired) electrons. The number of aliphatic hydroxyl groups is 1. The van der Waals surface area contributed by atoms with Crippen LogP contribution in [0.4, 0.5) is 13.2 Å². The van der Waals surface area contributed by atoms with Crippen LogP contribution in [0.2, 0.25) is 0 Å². The average molecular weight is 318 g/mol. The SMILES string of the molecule is Cc1cccc(SCc2noc(CC(O)C(F)(F)F)n2)c1. The lowest BCUT2D eigenvalue weighted by molar-refractivity contribution is -0.204. The molecule has 0 saturated heterocycles. The number of halogens is 3. The Kier molecular flexibility index (Phi) is 4.89. The maximum Gasteiger partial charge on any atom is 0.414 e. The molecule has 1 heterocycles.